The van der Waals surface area contributed by atoms with Crippen molar-refractivity contribution in [3.8, 4) is 46.0 Å². The molecule has 0 amide bonds. The Morgan fingerprint density at radius 2 is 0.558 bits per heavy atom. The summed E-state index contributed by atoms with van der Waals surface area (Å²) in [5.74, 6) is -22.3. The van der Waals surface area contributed by atoms with Crippen molar-refractivity contribution < 1.29 is 140 Å². The van der Waals surface area contributed by atoms with Gasteiger partial charge in [0.05, 0.1) is 71.8 Å². The molecule has 4 aromatic rings. The topological polar surface area (TPSA) is 296 Å². The van der Waals surface area contributed by atoms with Crippen LogP contribution >= 0.6 is 0 Å². The SMILES string of the molecule is [2H]C([2H])([2H])Oc1cc2c(cc1OC)C1([2H])N(C([2H])([2H])C2([2H])[2H])C([2H])([2H])C([2H])(CC(C)C)C(OC(=O)[C@@H](N)C(C)C)C1([2H])[2H].[2H]C([2H])([2H])Oc1cc2c(cc1OC)C1([2H])N(C([2H])([2H])C2([2H])[2H])C([2H])([2H])C([2H])(CC(C)C)C(OC(=O)[C@@H](N)C(C)C)C1([2H])[2H].[2H]C1([2H])c2cc(OC)c(OC)cc2C2([2H])N(C1([2H])[2H])C([2H])([2H])C([2H])(CC(C)C)C(OC(=O)[C@@H](N)C(C)C)C2([2H])[2H].[2H]C1([2H])c2cc(OC)c(OC)cc2C2([2H])N(C1([2H])[2H])C([2H])([2H])C([2H])(CC(C)C)C([2H])(OC(=O)[C@@H](N)C(C)C)C2([2H])[2H]. The maximum absolute atomic E-state index is 13.2. The molecule has 4 saturated heterocycles. The van der Waals surface area contributed by atoms with E-state index in [1.165, 1.54) is 28.4 Å². The van der Waals surface area contributed by atoms with Crippen LogP contribution in [-0.2, 0) is 63.6 Å². The van der Waals surface area contributed by atoms with Gasteiger partial charge in [-0.3, -0.25) is 38.8 Å². The standard InChI is InChI=1S/4C24H38N2O4/c4*1-14(2)9-17-13-26-8-7-16-10-21(28-5)22(29-6)11-18(16)19(26)12-20(17)30-24(27)23(25)15(3)4/h4*10-11,14-15,17,19-20,23H,7-9,12-13,25H2,1-6H3/t4*17?,19?,20?,23-/m0000/s1/i7D2,8D2,12D2,13D2,17D,19D,20D;2*5D3,7D2,8D2,12D2,13D2,17D,19D;7D2,8D2,12D2,13D2,17D,19D. The molecular weight excluding hydrogens is 1520 g/mol. The maximum atomic E-state index is 13.2. The molecule has 0 spiro atoms. The van der Waals surface area contributed by atoms with Gasteiger partial charge in [0.15, 0.2) is 46.0 Å². The summed E-state index contributed by atoms with van der Waals surface area (Å²) in [4.78, 5) is 52.8. The lowest BCUT2D eigenvalue weighted by molar-refractivity contribution is -0.161. The minimum absolute atomic E-state index is 0.0158. The summed E-state index contributed by atoms with van der Waals surface area (Å²) < 4.78 is 482. The highest BCUT2D eigenvalue weighted by Gasteiger charge is 2.47. The molecule has 0 aromatic heterocycles. The fourth-order valence-electron chi connectivity index (χ4n) is 12.8. The summed E-state index contributed by atoms with van der Waals surface area (Å²) in [6.07, 6.45) is -38.4. The summed E-state index contributed by atoms with van der Waals surface area (Å²) in [6, 6.07) is -10.4. The number of methoxy groups -OCH3 is 8. The second-order valence-electron chi connectivity index (χ2n) is 32.2. The van der Waals surface area contributed by atoms with E-state index in [1.54, 1.807) is 111 Å². The van der Waals surface area contributed by atoms with Gasteiger partial charge in [0, 0.05) is 174 Å². The molecule has 0 radical (unpaired) electrons. The molecule has 4 aromatic carbocycles. The van der Waals surface area contributed by atoms with E-state index in [9.17, 15) is 42.5 Å². The second kappa shape index (κ2) is 43.9. The van der Waals surface area contributed by atoms with Crippen LogP contribution in [0.1, 0.15) is 295 Å². The molecule has 120 heavy (non-hydrogen) atoms. The third-order valence-electron chi connectivity index (χ3n) is 19.6. The fraction of sp³-hybridized carbons (Fsp3) is 0.708. The smallest absolute Gasteiger partial charge is 0.323 e. The Morgan fingerprint density at radius 1 is 0.342 bits per heavy atom. The highest BCUT2D eigenvalue weighted by atomic mass is 16.6. The number of nitrogens with zero attached hydrogens (tertiary/aromatic N) is 4. The van der Waals surface area contributed by atoms with Gasteiger partial charge in [0.2, 0.25) is 0 Å². The summed E-state index contributed by atoms with van der Waals surface area (Å²) in [5, 5.41) is 0. The normalized spacial score (nSPS) is 43.1. The van der Waals surface area contributed by atoms with Crippen molar-refractivity contribution in [3.63, 3.8) is 0 Å². The first kappa shape index (κ1) is 50.1. The number of esters is 4. The van der Waals surface area contributed by atoms with Crippen LogP contribution in [-0.4, -0.2) is 201 Å². The number of ether oxygens (including phenoxy) is 12. The number of fused-ring (bicyclic) bond motifs is 12. The van der Waals surface area contributed by atoms with Gasteiger partial charge in [-0.05, 0) is 192 Å². The van der Waals surface area contributed by atoms with Crippen molar-refractivity contribution in [2.24, 2.45) is 93.9 Å². The molecule has 12 rings (SSSR count). The lowest BCUT2D eigenvalue weighted by atomic mass is 9.79. The molecule has 672 valence electrons. The summed E-state index contributed by atoms with van der Waals surface area (Å²) in [6.45, 7) is -1.78. The van der Waals surface area contributed by atoms with Crippen molar-refractivity contribution in [3.05, 3.63) is 93.0 Å². The zero-order valence-electron chi connectivity index (χ0n) is 119. The van der Waals surface area contributed by atoms with Crippen molar-refractivity contribution in [1.29, 1.82) is 0 Å². The number of nitrogens with two attached hydrogens (primary N) is 4. The van der Waals surface area contributed by atoms with Crippen LogP contribution in [0.15, 0.2) is 48.5 Å². The average molecular weight is 1720 g/mol. The quantitative estimate of drug-likeness (QED) is 0.0303. The molecule has 24 nitrogen and oxygen atoms in total. The van der Waals surface area contributed by atoms with Gasteiger partial charge in [0.1, 0.15) is 48.6 Å². The molecule has 0 saturated carbocycles. The number of carbonyl (C=O) groups excluding carboxylic acids is 4. The van der Waals surface area contributed by atoms with E-state index >= 15 is 0 Å². The van der Waals surface area contributed by atoms with Gasteiger partial charge in [0.25, 0.3) is 0 Å². The lowest BCUT2D eigenvalue weighted by Crippen LogP contribution is -2.51. The Bertz CT molecular complexity index is 6180. The van der Waals surface area contributed by atoms with Crippen molar-refractivity contribution in [2.75, 3.05) is 109 Å². The minimum atomic E-state index is -3.58. The molecule has 0 aliphatic carbocycles. The van der Waals surface area contributed by atoms with Crippen LogP contribution < -0.4 is 60.8 Å². The number of aryl methyl sites for hydroxylation is 4. The van der Waals surface area contributed by atoms with E-state index in [0.29, 0.717) is 0 Å². The Kier molecular flexibility index (Phi) is 18.3. The zero-order valence-corrected chi connectivity index (χ0v) is 72.2. The van der Waals surface area contributed by atoms with Crippen LogP contribution in [0.3, 0.4) is 0 Å². The van der Waals surface area contributed by atoms with Gasteiger partial charge < -0.3 is 79.8 Å². The van der Waals surface area contributed by atoms with E-state index in [0.717, 1.165) is 62.8 Å². The van der Waals surface area contributed by atoms with Crippen molar-refractivity contribution in [1.82, 2.24) is 19.6 Å². The highest BCUT2D eigenvalue weighted by molar-refractivity contribution is 5.77. The number of carbonyl (C=O) groups is 4. The van der Waals surface area contributed by atoms with Crippen LogP contribution in [0.2, 0.25) is 0 Å². The molecular formula is C96H152N8O16. The van der Waals surface area contributed by atoms with Crippen LogP contribution in [0, 0.1) is 70.9 Å². The van der Waals surface area contributed by atoms with Crippen molar-refractivity contribution in [2.45, 2.75) is 260 Å². The van der Waals surface area contributed by atoms with E-state index in [4.69, 9.17) is 121 Å². The average Bonchev–Trinajstić information content (AvgIpc) is 0.680. The molecule has 8 aliphatic heterocycles. The summed E-state index contributed by atoms with van der Waals surface area (Å²) in [5.41, 5.74) is 19.0. The Hall–Kier alpha value is -7.16. The molecule has 0 bridgehead atoms. The number of hydrogen-bond donors (Lipinski definition) is 4. The number of rotatable bonds is 28. The van der Waals surface area contributed by atoms with E-state index < -0.39 is 378 Å². The van der Waals surface area contributed by atoms with Crippen LogP contribution in [0.5, 0.6) is 46.0 Å². The first-order chi connectivity index (χ1) is 74.7. The van der Waals surface area contributed by atoms with Gasteiger partial charge in [-0.2, -0.15) is 0 Å². The lowest BCUT2D eigenvalue weighted by Gasteiger charge is -2.47. The molecule has 8 heterocycles. The molecule has 4 fully saturated rings. The Morgan fingerprint density at radius 3 is 0.792 bits per heavy atom. The molecule has 24 heteroatoms. The third kappa shape index (κ3) is 23.8. The van der Waals surface area contributed by atoms with E-state index in [1.807, 2.05) is 0 Å². The van der Waals surface area contributed by atoms with Crippen molar-refractivity contribution >= 4 is 23.9 Å². The second-order valence-corrected chi connectivity index (χ2v) is 32.2. The predicted octanol–water partition coefficient (Wildman–Crippen LogP) is 14.3. The molecule has 8 N–H and O–H groups in total. The molecule has 8 aliphatic rings. The Balaban J connectivity index is 0.000000245. The summed E-state index contributed by atoms with van der Waals surface area (Å²) in [7, 11) is 1.09. The van der Waals surface area contributed by atoms with Gasteiger partial charge in [-0.25, -0.2) is 0 Å². The largest absolute Gasteiger partial charge is 0.493 e. The minimum Gasteiger partial charge on any atom is -0.493 e. The molecule has 12 unspecified atom stereocenters. The van der Waals surface area contributed by atoms with Crippen LogP contribution in [0.4, 0.5) is 0 Å². The van der Waals surface area contributed by atoms with E-state index in [-0.39, 0.29) is 42.6 Å². The van der Waals surface area contributed by atoms with E-state index in [2.05, 4.69) is 0 Å². The van der Waals surface area contributed by atoms with Gasteiger partial charge in [-0.15, -0.1) is 0 Å². The van der Waals surface area contributed by atoms with Gasteiger partial charge in [-0.1, -0.05) is 111 Å². The predicted molar refractivity (Wildman–Crippen MR) is 471 cm³/mol. The fourth-order valence-corrected chi connectivity index (χ4v) is 12.8. The summed E-state index contributed by atoms with van der Waals surface area (Å²) >= 11 is 0. The monoisotopic (exact) mass is 1720 g/mol. The van der Waals surface area contributed by atoms with Gasteiger partial charge >= 0.3 is 23.9 Å². The number of hydrogen-bond acceptors (Lipinski definition) is 24. The molecule has 16 atom stereocenters. The number of benzene rings is 4. The van der Waals surface area contributed by atoms with Crippen LogP contribution in [0.25, 0.3) is 0 Å². The Labute approximate surface area is 784 Å². The highest BCUT2D eigenvalue weighted by Crippen LogP contribution is 2.50. The first-order valence-corrected chi connectivity index (χ1v) is 39.7. The maximum Gasteiger partial charge on any atom is 0.323 e. The zero-order chi connectivity index (χ0) is 130. The number of piperidine rings is 4. The third-order valence-corrected chi connectivity index (χ3v) is 19.6. The first-order valence-electron chi connectivity index (χ1n) is 63.2.